The van der Waals surface area contributed by atoms with Gasteiger partial charge in [0, 0.05) is 23.5 Å². The van der Waals surface area contributed by atoms with E-state index >= 15 is 0 Å². The number of hydrogen-bond acceptors (Lipinski definition) is 4. The highest BCUT2D eigenvalue weighted by molar-refractivity contribution is 7.14. The van der Waals surface area contributed by atoms with Gasteiger partial charge < -0.3 is 14.2 Å². The molecule has 4 rings (SSSR count). The van der Waals surface area contributed by atoms with Gasteiger partial charge >= 0.3 is 7.12 Å². The zero-order valence-corrected chi connectivity index (χ0v) is 17.8. The minimum absolute atomic E-state index is 0.00543. The molecule has 1 aromatic carbocycles. The minimum Gasteiger partial charge on any atom is -0.399 e. The summed E-state index contributed by atoms with van der Waals surface area (Å²) in [5.41, 5.74) is 1.27. The van der Waals surface area contributed by atoms with E-state index in [2.05, 4.69) is 13.0 Å². The molecule has 1 aromatic heterocycles. The maximum Gasteiger partial charge on any atom is 0.494 e. The van der Waals surface area contributed by atoms with Crippen molar-refractivity contribution in [1.29, 1.82) is 0 Å². The number of fused-ring (bicyclic) bond motifs is 1. The summed E-state index contributed by atoms with van der Waals surface area (Å²) in [7, 11) is -0.596. The summed E-state index contributed by atoms with van der Waals surface area (Å²) in [4.78, 5) is 16.4. The summed E-state index contributed by atoms with van der Waals surface area (Å²) in [5.74, 6) is -0.348. The van der Waals surface area contributed by atoms with Gasteiger partial charge in [-0.3, -0.25) is 4.79 Å². The molecule has 2 aliphatic heterocycles. The summed E-state index contributed by atoms with van der Waals surface area (Å²) < 4.78 is 26.8. The summed E-state index contributed by atoms with van der Waals surface area (Å²) in [6.45, 7) is 10.8. The first-order valence-electron chi connectivity index (χ1n) is 9.66. The van der Waals surface area contributed by atoms with Gasteiger partial charge in [0.1, 0.15) is 5.82 Å². The Morgan fingerprint density at radius 2 is 1.86 bits per heavy atom. The second-order valence-electron chi connectivity index (χ2n) is 8.52. The molecule has 1 saturated heterocycles. The van der Waals surface area contributed by atoms with Crippen molar-refractivity contribution in [1.82, 2.24) is 4.90 Å². The first kappa shape index (κ1) is 19.6. The zero-order valence-electron chi connectivity index (χ0n) is 17.0. The van der Waals surface area contributed by atoms with Crippen LogP contribution in [0.25, 0.3) is 0 Å². The molecule has 0 radical (unpaired) electrons. The molecule has 28 heavy (non-hydrogen) atoms. The van der Waals surface area contributed by atoms with Gasteiger partial charge in [0.25, 0.3) is 5.91 Å². The fraction of sp³-hybridized carbons (Fsp3) is 0.476. The van der Waals surface area contributed by atoms with Gasteiger partial charge in [0.2, 0.25) is 0 Å². The first-order valence-corrected chi connectivity index (χ1v) is 10.5. The summed E-state index contributed by atoms with van der Waals surface area (Å²) in [6, 6.07) is 7.11. The van der Waals surface area contributed by atoms with E-state index in [1.807, 2.05) is 33.8 Å². The molecule has 3 heterocycles. The van der Waals surface area contributed by atoms with Gasteiger partial charge in [-0.2, -0.15) is 0 Å². The van der Waals surface area contributed by atoms with Crippen molar-refractivity contribution in [2.75, 3.05) is 0 Å². The SMILES string of the molecule is CCc1cc2c(s1)C(=O)N(Cc1ccc(B3OC(C)(C)C(C)(C)O3)cc1F)C2. The molecule has 0 saturated carbocycles. The smallest absolute Gasteiger partial charge is 0.399 e. The molecule has 2 aliphatic rings. The van der Waals surface area contributed by atoms with E-state index in [1.54, 1.807) is 22.3 Å². The largest absolute Gasteiger partial charge is 0.494 e. The van der Waals surface area contributed by atoms with E-state index in [0.29, 0.717) is 17.6 Å². The van der Waals surface area contributed by atoms with Gasteiger partial charge in [-0.25, -0.2) is 4.39 Å². The van der Waals surface area contributed by atoms with E-state index in [0.717, 1.165) is 16.9 Å². The fourth-order valence-electron chi connectivity index (χ4n) is 3.53. The molecule has 148 valence electrons. The van der Waals surface area contributed by atoms with Crippen molar-refractivity contribution in [3.8, 4) is 0 Å². The number of carbonyl (C=O) groups excluding carboxylic acids is 1. The van der Waals surface area contributed by atoms with Gasteiger partial charge in [-0.05, 0) is 57.3 Å². The normalized spacial score (nSPS) is 20.1. The predicted octanol–water partition coefficient (Wildman–Crippen LogP) is 3.90. The Bertz CT molecular complexity index is 924. The highest BCUT2D eigenvalue weighted by atomic mass is 32.1. The number of amides is 1. The minimum atomic E-state index is -0.596. The third kappa shape index (κ3) is 3.19. The maximum atomic E-state index is 14.8. The molecule has 0 N–H and O–H groups in total. The van der Waals surface area contributed by atoms with E-state index in [4.69, 9.17) is 9.31 Å². The standard InChI is InChI=1S/C21H25BFNO3S/c1-6-16-9-14-12-24(19(25)18(14)28-16)11-13-7-8-15(10-17(13)23)22-26-20(2,3)21(4,5)27-22/h7-10H,6,11-12H2,1-5H3. The Morgan fingerprint density at radius 1 is 1.18 bits per heavy atom. The molecule has 4 nitrogen and oxygen atoms in total. The van der Waals surface area contributed by atoms with Crippen molar-refractivity contribution in [2.24, 2.45) is 0 Å². The Morgan fingerprint density at radius 3 is 2.43 bits per heavy atom. The van der Waals surface area contributed by atoms with Gasteiger partial charge in [0.15, 0.2) is 0 Å². The van der Waals surface area contributed by atoms with Crippen LogP contribution < -0.4 is 5.46 Å². The number of aryl methyl sites for hydroxylation is 1. The van der Waals surface area contributed by atoms with Crippen LogP contribution in [-0.4, -0.2) is 29.1 Å². The molecule has 0 spiro atoms. The highest BCUT2D eigenvalue weighted by Gasteiger charge is 2.51. The van der Waals surface area contributed by atoms with Crippen LogP contribution in [-0.2, 0) is 28.8 Å². The molecular formula is C21H25BFNO3S. The highest BCUT2D eigenvalue weighted by Crippen LogP contribution is 2.37. The summed E-state index contributed by atoms with van der Waals surface area (Å²) >= 11 is 1.55. The van der Waals surface area contributed by atoms with Gasteiger partial charge in [0.05, 0.1) is 16.1 Å². The number of halogens is 1. The lowest BCUT2D eigenvalue weighted by Gasteiger charge is -2.32. The molecule has 2 aromatic rings. The molecule has 1 amide bonds. The van der Waals surface area contributed by atoms with Crippen molar-refractivity contribution in [3.05, 3.63) is 51.0 Å². The number of hydrogen-bond donors (Lipinski definition) is 0. The van der Waals surface area contributed by atoms with Crippen LogP contribution in [0.1, 0.15) is 60.3 Å². The van der Waals surface area contributed by atoms with E-state index in [9.17, 15) is 9.18 Å². The van der Waals surface area contributed by atoms with E-state index in [-0.39, 0.29) is 18.3 Å². The van der Waals surface area contributed by atoms with Crippen LogP contribution in [0.4, 0.5) is 4.39 Å². The average Bonchev–Trinajstić information content (AvgIpc) is 3.21. The van der Waals surface area contributed by atoms with Crippen LogP contribution in [0, 0.1) is 5.82 Å². The lowest BCUT2D eigenvalue weighted by Crippen LogP contribution is -2.41. The molecule has 7 heteroatoms. The van der Waals surface area contributed by atoms with Crippen LogP contribution in [0.15, 0.2) is 24.3 Å². The van der Waals surface area contributed by atoms with E-state index < -0.39 is 18.3 Å². The quantitative estimate of drug-likeness (QED) is 0.730. The van der Waals surface area contributed by atoms with Crippen LogP contribution in [0.3, 0.4) is 0 Å². The Hall–Kier alpha value is -1.70. The van der Waals surface area contributed by atoms with E-state index in [1.165, 1.54) is 10.9 Å². The second kappa shape index (κ2) is 6.68. The molecule has 0 aliphatic carbocycles. The third-order valence-corrected chi connectivity index (χ3v) is 7.32. The Labute approximate surface area is 169 Å². The average molecular weight is 401 g/mol. The van der Waals surface area contributed by atoms with Crippen LogP contribution >= 0.6 is 11.3 Å². The predicted molar refractivity (Wildman–Crippen MR) is 109 cm³/mol. The maximum absolute atomic E-state index is 14.8. The number of rotatable bonds is 4. The zero-order chi connectivity index (χ0) is 20.3. The summed E-state index contributed by atoms with van der Waals surface area (Å²) in [6.07, 6.45) is 0.931. The van der Waals surface area contributed by atoms with Crippen molar-refractivity contribution in [2.45, 2.75) is 65.3 Å². The molecule has 1 fully saturated rings. The van der Waals surface area contributed by atoms with Crippen molar-refractivity contribution in [3.63, 3.8) is 0 Å². The van der Waals surface area contributed by atoms with Gasteiger partial charge in [-0.15, -0.1) is 11.3 Å². The lowest BCUT2D eigenvalue weighted by molar-refractivity contribution is 0.00578. The Balaban J connectivity index is 1.49. The number of thiophene rings is 1. The van der Waals surface area contributed by atoms with Crippen molar-refractivity contribution >= 4 is 29.8 Å². The molecule has 0 bridgehead atoms. The topological polar surface area (TPSA) is 38.8 Å². The Kier molecular flexibility index (Phi) is 4.68. The molecule has 0 unspecified atom stereocenters. The third-order valence-electron chi connectivity index (χ3n) is 6.01. The second-order valence-corrected chi connectivity index (χ2v) is 9.66. The number of benzene rings is 1. The first-order chi connectivity index (χ1) is 13.1. The molecule has 0 atom stereocenters. The fourth-order valence-corrected chi connectivity index (χ4v) is 4.61. The van der Waals surface area contributed by atoms with Gasteiger partial charge in [-0.1, -0.05) is 19.1 Å². The number of nitrogens with zero attached hydrogens (tertiary/aromatic N) is 1. The molecular weight excluding hydrogens is 376 g/mol. The van der Waals surface area contributed by atoms with Crippen molar-refractivity contribution < 1.29 is 18.5 Å². The monoisotopic (exact) mass is 401 g/mol. The lowest BCUT2D eigenvalue weighted by atomic mass is 9.78. The summed E-state index contributed by atoms with van der Waals surface area (Å²) in [5, 5.41) is 0. The van der Waals surface area contributed by atoms with Crippen LogP contribution in [0.5, 0.6) is 0 Å². The van der Waals surface area contributed by atoms with Crippen LogP contribution in [0.2, 0.25) is 0 Å². The number of carbonyl (C=O) groups is 1.